The van der Waals surface area contributed by atoms with Crippen molar-refractivity contribution in [3.05, 3.63) is 35.6 Å². The molecule has 2 atom stereocenters. The number of nitrogens with zero attached hydrogens (tertiary/aromatic N) is 1. The van der Waals surface area contributed by atoms with Crippen molar-refractivity contribution in [2.24, 2.45) is 5.92 Å². The topological polar surface area (TPSA) is 52.6 Å². The van der Waals surface area contributed by atoms with Gasteiger partial charge in [0, 0.05) is 12.6 Å². The maximum absolute atomic E-state index is 13.0. The van der Waals surface area contributed by atoms with Crippen LogP contribution in [-0.4, -0.2) is 41.3 Å². The molecule has 1 aliphatic heterocycles. The molecule has 0 unspecified atom stereocenters. The van der Waals surface area contributed by atoms with Crippen molar-refractivity contribution < 1.29 is 14.3 Å². The lowest BCUT2D eigenvalue weighted by Gasteiger charge is -2.29. The van der Waals surface area contributed by atoms with Crippen molar-refractivity contribution in [1.29, 1.82) is 0 Å². The largest absolute Gasteiger partial charge is 0.394 e. The maximum atomic E-state index is 13.0. The van der Waals surface area contributed by atoms with E-state index in [-0.39, 0.29) is 36.5 Å². The summed E-state index contributed by atoms with van der Waals surface area (Å²) in [4.78, 5) is 14.1. The van der Waals surface area contributed by atoms with Crippen LogP contribution in [-0.2, 0) is 6.42 Å². The molecule has 122 valence electrons. The van der Waals surface area contributed by atoms with Crippen LogP contribution in [0.15, 0.2) is 24.3 Å². The Labute approximate surface area is 131 Å². The van der Waals surface area contributed by atoms with Crippen LogP contribution >= 0.6 is 0 Å². The first-order valence-corrected chi connectivity index (χ1v) is 7.93. The smallest absolute Gasteiger partial charge is 0.317 e. The highest BCUT2D eigenvalue weighted by molar-refractivity contribution is 5.75. The molecule has 1 saturated heterocycles. The first-order valence-electron chi connectivity index (χ1n) is 7.93. The van der Waals surface area contributed by atoms with Crippen LogP contribution in [0.5, 0.6) is 0 Å². The molecule has 1 fully saturated rings. The number of benzene rings is 1. The van der Waals surface area contributed by atoms with E-state index in [4.69, 9.17) is 0 Å². The quantitative estimate of drug-likeness (QED) is 0.878. The normalized spacial score (nSPS) is 19.5. The lowest BCUT2D eigenvalue weighted by Crippen LogP contribution is -2.49. The molecule has 0 aliphatic carbocycles. The highest BCUT2D eigenvalue weighted by Crippen LogP contribution is 2.18. The third kappa shape index (κ3) is 4.19. The van der Waals surface area contributed by atoms with Gasteiger partial charge in [-0.1, -0.05) is 26.0 Å². The van der Waals surface area contributed by atoms with Gasteiger partial charge in [0.05, 0.1) is 12.6 Å². The molecule has 0 bridgehead atoms. The molecule has 5 heteroatoms. The van der Waals surface area contributed by atoms with Crippen LogP contribution in [0.4, 0.5) is 9.18 Å². The minimum Gasteiger partial charge on any atom is -0.394 e. The number of amides is 2. The van der Waals surface area contributed by atoms with Gasteiger partial charge in [-0.2, -0.15) is 0 Å². The van der Waals surface area contributed by atoms with Gasteiger partial charge in [0.15, 0.2) is 0 Å². The van der Waals surface area contributed by atoms with E-state index in [2.05, 4.69) is 19.2 Å². The number of hydrogen-bond donors (Lipinski definition) is 2. The molecule has 2 rings (SSSR count). The fraction of sp³-hybridized carbons (Fsp3) is 0.588. The van der Waals surface area contributed by atoms with Gasteiger partial charge < -0.3 is 15.3 Å². The molecular formula is C17H25FN2O2. The average Bonchev–Trinajstić information content (AvgIpc) is 2.97. The third-order valence-electron chi connectivity index (χ3n) is 4.33. The average molecular weight is 308 g/mol. The molecule has 0 saturated carbocycles. The molecule has 0 radical (unpaired) electrons. The summed E-state index contributed by atoms with van der Waals surface area (Å²) in [7, 11) is 0. The maximum Gasteiger partial charge on any atom is 0.317 e. The van der Waals surface area contributed by atoms with Gasteiger partial charge in [0.1, 0.15) is 5.82 Å². The van der Waals surface area contributed by atoms with E-state index in [9.17, 15) is 14.3 Å². The number of carbonyl (C=O) groups is 1. The molecule has 0 spiro atoms. The van der Waals surface area contributed by atoms with Gasteiger partial charge in [0.2, 0.25) is 0 Å². The lowest BCUT2D eigenvalue weighted by atomic mass is 9.96. The summed E-state index contributed by atoms with van der Waals surface area (Å²) in [6.45, 7) is 4.82. The van der Waals surface area contributed by atoms with E-state index < -0.39 is 0 Å². The number of halogens is 1. The van der Waals surface area contributed by atoms with Crippen molar-refractivity contribution in [2.75, 3.05) is 13.2 Å². The Morgan fingerprint density at radius 3 is 2.68 bits per heavy atom. The van der Waals surface area contributed by atoms with Crippen LogP contribution < -0.4 is 5.32 Å². The minimum atomic E-state index is -0.253. The van der Waals surface area contributed by atoms with Gasteiger partial charge in [-0.3, -0.25) is 0 Å². The second-order valence-electron chi connectivity index (χ2n) is 6.30. The Bertz CT molecular complexity index is 490. The van der Waals surface area contributed by atoms with Gasteiger partial charge in [-0.25, -0.2) is 9.18 Å². The number of aliphatic hydroxyl groups excluding tert-OH is 1. The van der Waals surface area contributed by atoms with Gasteiger partial charge in [0.25, 0.3) is 0 Å². The molecule has 1 aromatic rings. The Morgan fingerprint density at radius 1 is 1.41 bits per heavy atom. The Hall–Kier alpha value is -1.62. The number of likely N-dealkylation sites (tertiary alicyclic amines) is 1. The van der Waals surface area contributed by atoms with Crippen LogP contribution in [0.3, 0.4) is 0 Å². The Kier molecular flexibility index (Phi) is 5.77. The molecule has 22 heavy (non-hydrogen) atoms. The zero-order chi connectivity index (χ0) is 16.1. The third-order valence-corrected chi connectivity index (χ3v) is 4.33. The standard InChI is InChI=1S/C17H25FN2O2/c1-12(2)16(10-13-5-7-14(18)8-6-13)19-17(22)20-9-3-4-15(20)11-21/h5-8,12,15-16,21H,3-4,9-11H2,1-2H3,(H,19,22)/t15-,16+/m1/s1. The van der Waals surface area contributed by atoms with Crippen LogP contribution in [0.2, 0.25) is 0 Å². The van der Waals surface area contributed by atoms with Crippen molar-refractivity contribution in [3.63, 3.8) is 0 Å². The Balaban J connectivity index is 1.99. The highest BCUT2D eigenvalue weighted by atomic mass is 19.1. The van der Waals surface area contributed by atoms with Crippen molar-refractivity contribution in [2.45, 2.75) is 45.2 Å². The van der Waals surface area contributed by atoms with Crippen LogP contribution in [0.1, 0.15) is 32.3 Å². The molecule has 1 aliphatic rings. The van der Waals surface area contributed by atoms with E-state index in [0.717, 1.165) is 18.4 Å². The van der Waals surface area contributed by atoms with E-state index >= 15 is 0 Å². The van der Waals surface area contributed by atoms with Crippen LogP contribution in [0.25, 0.3) is 0 Å². The fourth-order valence-electron chi connectivity index (χ4n) is 2.86. The van der Waals surface area contributed by atoms with Crippen molar-refractivity contribution in [3.8, 4) is 0 Å². The van der Waals surface area contributed by atoms with Crippen LogP contribution in [0, 0.1) is 11.7 Å². The van der Waals surface area contributed by atoms with Crippen molar-refractivity contribution in [1.82, 2.24) is 10.2 Å². The fourth-order valence-corrected chi connectivity index (χ4v) is 2.86. The second kappa shape index (κ2) is 7.58. The molecule has 2 N–H and O–H groups in total. The summed E-state index contributed by atoms with van der Waals surface area (Å²) in [6, 6.07) is 6.19. The molecule has 4 nitrogen and oxygen atoms in total. The molecule has 1 heterocycles. The monoisotopic (exact) mass is 308 g/mol. The number of hydrogen-bond acceptors (Lipinski definition) is 2. The molecule has 1 aromatic carbocycles. The zero-order valence-electron chi connectivity index (χ0n) is 13.3. The summed E-state index contributed by atoms with van der Waals surface area (Å²) in [6.07, 6.45) is 2.46. The molecular weight excluding hydrogens is 283 g/mol. The molecule has 2 amide bonds. The van der Waals surface area contributed by atoms with Gasteiger partial charge >= 0.3 is 6.03 Å². The van der Waals surface area contributed by atoms with E-state index in [1.165, 1.54) is 12.1 Å². The molecule has 0 aromatic heterocycles. The minimum absolute atomic E-state index is 0.0116. The Morgan fingerprint density at radius 2 is 2.09 bits per heavy atom. The predicted octanol–water partition coefficient (Wildman–Crippen LogP) is 2.56. The number of nitrogens with one attached hydrogen (secondary N) is 1. The highest BCUT2D eigenvalue weighted by Gasteiger charge is 2.29. The second-order valence-corrected chi connectivity index (χ2v) is 6.30. The summed E-state index contributed by atoms with van der Waals surface area (Å²) < 4.78 is 13.0. The first-order chi connectivity index (χ1) is 10.5. The van der Waals surface area contributed by atoms with E-state index in [1.807, 2.05) is 0 Å². The SMILES string of the molecule is CC(C)[C@H](Cc1ccc(F)cc1)NC(=O)N1CCC[C@@H]1CO. The predicted molar refractivity (Wildman–Crippen MR) is 84.1 cm³/mol. The van der Waals surface area contributed by atoms with E-state index in [1.54, 1.807) is 17.0 Å². The zero-order valence-corrected chi connectivity index (χ0v) is 13.3. The summed E-state index contributed by atoms with van der Waals surface area (Å²) in [5.74, 6) is 0.0147. The first kappa shape index (κ1) is 16.7. The summed E-state index contributed by atoms with van der Waals surface area (Å²) in [5, 5.41) is 12.4. The number of aliphatic hydroxyl groups is 1. The number of carbonyl (C=O) groups excluding carboxylic acids is 1. The lowest BCUT2D eigenvalue weighted by molar-refractivity contribution is 0.152. The van der Waals surface area contributed by atoms with Gasteiger partial charge in [-0.05, 0) is 42.9 Å². The number of rotatable bonds is 5. The summed E-state index contributed by atoms with van der Waals surface area (Å²) >= 11 is 0. The van der Waals surface area contributed by atoms with Crippen molar-refractivity contribution >= 4 is 6.03 Å². The number of urea groups is 1. The van der Waals surface area contributed by atoms with Gasteiger partial charge in [-0.15, -0.1) is 0 Å². The summed E-state index contributed by atoms with van der Waals surface area (Å²) in [5.41, 5.74) is 1.00. The van der Waals surface area contributed by atoms with E-state index in [0.29, 0.717) is 13.0 Å².